The second-order valence-electron chi connectivity index (χ2n) is 8.18. The molecule has 2 aliphatic heterocycles. The molecule has 1 fully saturated rings. The summed E-state index contributed by atoms with van der Waals surface area (Å²) in [7, 11) is 0. The summed E-state index contributed by atoms with van der Waals surface area (Å²) in [6, 6.07) is 26.1. The number of rotatable bonds is 3. The van der Waals surface area contributed by atoms with Crippen LogP contribution < -0.4 is 4.90 Å². The van der Waals surface area contributed by atoms with Gasteiger partial charge in [-0.1, -0.05) is 72.3 Å². The zero-order valence-electron chi connectivity index (χ0n) is 17.3. The number of anilines is 1. The van der Waals surface area contributed by atoms with E-state index in [1.807, 2.05) is 42.5 Å². The van der Waals surface area contributed by atoms with Crippen LogP contribution in [0.15, 0.2) is 91.0 Å². The number of hydrogen-bond donors (Lipinski definition) is 0. The third-order valence-corrected chi connectivity index (χ3v) is 6.72. The second-order valence-corrected chi connectivity index (χ2v) is 8.59. The summed E-state index contributed by atoms with van der Waals surface area (Å²) in [6.07, 6.45) is 0. The van der Waals surface area contributed by atoms with E-state index in [1.54, 1.807) is 53.4 Å². The van der Waals surface area contributed by atoms with E-state index in [-0.39, 0.29) is 5.91 Å². The van der Waals surface area contributed by atoms with Gasteiger partial charge in [-0.3, -0.25) is 24.2 Å². The summed E-state index contributed by atoms with van der Waals surface area (Å²) in [5, 5.41) is 2.50. The molecule has 4 aromatic rings. The van der Waals surface area contributed by atoms with E-state index in [1.165, 1.54) is 0 Å². The molecule has 160 valence electrons. The van der Waals surface area contributed by atoms with Crippen molar-refractivity contribution in [3.8, 4) is 0 Å². The molecule has 0 radical (unpaired) electrons. The van der Waals surface area contributed by atoms with Crippen LogP contribution in [-0.2, 0) is 4.79 Å². The van der Waals surface area contributed by atoms with Gasteiger partial charge in [0.2, 0.25) is 0 Å². The third-order valence-electron chi connectivity index (χ3n) is 6.40. The summed E-state index contributed by atoms with van der Waals surface area (Å²) in [5.74, 6) is -1.23. The van der Waals surface area contributed by atoms with E-state index in [2.05, 4.69) is 0 Å². The summed E-state index contributed by atoms with van der Waals surface area (Å²) in [4.78, 5) is 42.6. The van der Waals surface area contributed by atoms with Crippen LogP contribution in [0.25, 0.3) is 10.8 Å². The van der Waals surface area contributed by atoms with Crippen molar-refractivity contribution in [2.75, 3.05) is 4.90 Å². The number of halogens is 1. The molecular weight excluding hydrogens is 436 g/mol. The number of β-lactam (4-membered cyclic amide) rings is 1. The molecule has 0 saturated carbocycles. The van der Waals surface area contributed by atoms with Crippen molar-refractivity contribution in [1.82, 2.24) is 4.90 Å². The number of imide groups is 1. The molecule has 3 amide bonds. The lowest BCUT2D eigenvalue weighted by Crippen LogP contribution is -2.67. The predicted molar refractivity (Wildman–Crippen MR) is 126 cm³/mol. The van der Waals surface area contributed by atoms with E-state index >= 15 is 0 Å². The molecule has 0 spiro atoms. The Kier molecular flexibility index (Phi) is 4.35. The molecule has 0 N–H and O–H groups in total. The maximum Gasteiger partial charge on any atom is 0.262 e. The first-order valence-corrected chi connectivity index (χ1v) is 11.0. The Labute approximate surface area is 194 Å². The van der Waals surface area contributed by atoms with E-state index < -0.39 is 23.9 Å². The first-order valence-electron chi connectivity index (χ1n) is 10.6. The third kappa shape index (κ3) is 2.82. The first kappa shape index (κ1) is 19.7. The highest BCUT2D eigenvalue weighted by atomic mass is 35.5. The van der Waals surface area contributed by atoms with Crippen molar-refractivity contribution in [2.24, 2.45) is 0 Å². The Morgan fingerprint density at radius 3 is 1.91 bits per heavy atom. The molecule has 5 nitrogen and oxygen atoms in total. The lowest BCUT2D eigenvalue weighted by molar-refractivity contribution is -0.130. The highest BCUT2D eigenvalue weighted by Crippen LogP contribution is 2.46. The number of hydrogen-bond acceptors (Lipinski definition) is 3. The van der Waals surface area contributed by atoms with Crippen molar-refractivity contribution in [1.29, 1.82) is 0 Å². The number of carbonyl (C=O) groups is 3. The van der Waals surface area contributed by atoms with Crippen LogP contribution in [0.5, 0.6) is 0 Å². The molecule has 6 heteroatoms. The second kappa shape index (κ2) is 7.29. The quantitative estimate of drug-likeness (QED) is 0.315. The number of nitrogens with zero attached hydrogens (tertiary/aromatic N) is 2. The van der Waals surface area contributed by atoms with Crippen LogP contribution in [0.2, 0.25) is 5.02 Å². The van der Waals surface area contributed by atoms with Crippen molar-refractivity contribution in [2.45, 2.75) is 12.1 Å². The lowest BCUT2D eigenvalue weighted by atomic mass is 9.85. The molecule has 2 heterocycles. The molecule has 0 bridgehead atoms. The molecule has 0 aliphatic carbocycles. The first-order chi connectivity index (χ1) is 16.1. The number of amides is 3. The maximum atomic E-state index is 13.5. The Morgan fingerprint density at radius 1 is 0.606 bits per heavy atom. The molecule has 2 atom stereocenters. The topological polar surface area (TPSA) is 57.7 Å². The number of benzene rings is 4. The average molecular weight is 453 g/mol. The van der Waals surface area contributed by atoms with E-state index in [0.717, 1.165) is 21.2 Å². The number of fused-ring (bicyclic) bond motifs is 2. The van der Waals surface area contributed by atoms with E-state index in [9.17, 15) is 14.4 Å². The normalized spacial score (nSPS) is 19.7. The summed E-state index contributed by atoms with van der Waals surface area (Å²) in [6.45, 7) is 0. The minimum Gasteiger partial charge on any atom is -0.299 e. The standard InChI is InChI=1S/C27H17ClN2O3/c28-21-11-5-6-12-22(21)29-23(18-14-13-16-7-1-2-8-17(16)15-18)24(27(29)33)30-25(31)19-9-3-4-10-20(19)26(30)32/h1-15,23-24H. The fourth-order valence-electron chi connectivity index (χ4n) is 4.82. The van der Waals surface area contributed by atoms with Gasteiger partial charge >= 0.3 is 0 Å². The van der Waals surface area contributed by atoms with Crippen molar-refractivity contribution in [3.05, 3.63) is 113 Å². The Balaban J connectivity index is 1.49. The smallest absolute Gasteiger partial charge is 0.262 e. The largest absolute Gasteiger partial charge is 0.299 e. The maximum absolute atomic E-state index is 13.5. The highest BCUT2D eigenvalue weighted by molar-refractivity contribution is 6.34. The molecule has 4 aromatic carbocycles. The predicted octanol–water partition coefficient (Wildman–Crippen LogP) is 5.25. The van der Waals surface area contributed by atoms with Gasteiger partial charge in [-0.2, -0.15) is 0 Å². The van der Waals surface area contributed by atoms with Crippen LogP contribution >= 0.6 is 11.6 Å². The molecule has 1 saturated heterocycles. The van der Waals surface area contributed by atoms with E-state index in [0.29, 0.717) is 21.8 Å². The van der Waals surface area contributed by atoms with Gasteiger partial charge in [-0.15, -0.1) is 0 Å². The zero-order valence-corrected chi connectivity index (χ0v) is 18.1. The van der Waals surface area contributed by atoms with Gasteiger partial charge in [0.1, 0.15) is 6.04 Å². The van der Waals surface area contributed by atoms with Gasteiger partial charge in [0.15, 0.2) is 0 Å². The number of carbonyl (C=O) groups excluding carboxylic acids is 3. The average Bonchev–Trinajstić information content (AvgIpc) is 3.09. The monoisotopic (exact) mass is 452 g/mol. The summed E-state index contributed by atoms with van der Waals surface area (Å²) < 4.78 is 0. The Bertz CT molecular complexity index is 1450. The van der Waals surface area contributed by atoms with Crippen molar-refractivity contribution in [3.63, 3.8) is 0 Å². The Hall–Kier alpha value is -3.96. The van der Waals surface area contributed by atoms with Gasteiger partial charge in [0.05, 0.1) is 27.9 Å². The van der Waals surface area contributed by atoms with Gasteiger partial charge in [0.25, 0.3) is 17.7 Å². The molecule has 6 rings (SSSR count). The van der Waals surface area contributed by atoms with Gasteiger partial charge in [-0.25, -0.2) is 0 Å². The summed E-state index contributed by atoms with van der Waals surface area (Å²) in [5.41, 5.74) is 2.03. The highest BCUT2D eigenvalue weighted by Gasteiger charge is 2.57. The molecule has 2 unspecified atom stereocenters. The van der Waals surface area contributed by atoms with Crippen LogP contribution in [0, 0.1) is 0 Å². The molecule has 2 aliphatic rings. The lowest BCUT2D eigenvalue weighted by Gasteiger charge is -2.50. The van der Waals surface area contributed by atoms with E-state index in [4.69, 9.17) is 11.6 Å². The van der Waals surface area contributed by atoms with Crippen LogP contribution in [-0.4, -0.2) is 28.7 Å². The van der Waals surface area contributed by atoms with Gasteiger partial charge in [-0.05, 0) is 46.7 Å². The SMILES string of the molecule is O=C1c2ccccc2C(=O)N1C1C(=O)N(c2ccccc2Cl)C1c1ccc2ccccc2c1. The Morgan fingerprint density at radius 2 is 1.21 bits per heavy atom. The minimum absolute atomic E-state index is 0.323. The van der Waals surface area contributed by atoms with Crippen molar-refractivity contribution < 1.29 is 14.4 Å². The van der Waals surface area contributed by atoms with Crippen LogP contribution in [0.1, 0.15) is 32.3 Å². The van der Waals surface area contributed by atoms with Crippen LogP contribution in [0.4, 0.5) is 5.69 Å². The fourth-order valence-corrected chi connectivity index (χ4v) is 5.05. The minimum atomic E-state index is -0.949. The fraction of sp³-hybridized carbons (Fsp3) is 0.0741. The van der Waals surface area contributed by atoms with Gasteiger partial charge < -0.3 is 0 Å². The molecule has 0 aromatic heterocycles. The number of para-hydroxylation sites is 1. The van der Waals surface area contributed by atoms with Gasteiger partial charge in [0, 0.05) is 0 Å². The van der Waals surface area contributed by atoms with Crippen LogP contribution in [0.3, 0.4) is 0 Å². The zero-order chi connectivity index (χ0) is 22.7. The van der Waals surface area contributed by atoms with Crippen molar-refractivity contribution >= 4 is 45.8 Å². The molecule has 33 heavy (non-hydrogen) atoms. The molecular formula is C27H17ClN2O3. The summed E-state index contributed by atoms with van der Waals surface area (Å²) >= 11 is 6.44.